The smallest absolute Gasteiger partial charge is 0.304 e. The van der Waals surface area contributed by atoms with Crippen molar-refractivity contribution in [3.05, 3.63) is 0 Å². The number of carbonyl (C=O) groups excluding carboxylic acids is 1. The Labute approximate surface area is 97.4 Å². The van der Waals surface area contributed by atoms with Crippen molar-refractivity contribution in [2.45, 2.75) is 47.5 Å². The fourth-order valence-electron chi connectivity index (χ4n) is 1.25. The minimum atomic E-state index is -0.948. The monoisotopic (exact) mass is 229 g/mol. The number of amides is 1. The predicted octanol–water partition coefficient (Wildman–Crippen LogP) is 2.04. The Morgan fingerprint density at radius 3 is 2.00 bits per heavy atom. The zero-order chi connectivity index (χ0) is 13.0. The van der Waals surface area contributed by atoms with Crippen LogP contribution >= 0.6 is 0 Å². The lowest BCUT2D eigenvalue weighted by Gasteiger charge is -2.23. The molecule has 0 aliphatic carbocycles. The van der Waals surface area contributed by atoms with Gasteiger partial charge in [0.2, 0.25) is 5.91 Å². The highest BCUT2D eigenvalue weighted by Gasteiger charge is 2.30. The Morgan fingerprint density at radius 2 is 1.62 bits per heavy atom. The van der Waals surface area contributed by atoms with Gasteiger partial charge in [0.1, 0.15) is 0 Å². The van der Waals surface area contributed by atoms with E-state index in [-0.39, 0.29) is 17.7 Å². The van der Waals surface area contributed by atoms with E-state index in [1.807, 2.05) is 0 Å². The van der Waals surface area contributed by atoms with Gasteiger partial charge in [-0.3, -0.25) is 9.59 Å². The molecule has 0 radical (unpaired) electrons. The highest BCUT2D eigenvalue weighted by atomic mass is 16.4. The standard InChI is InChI=1S/C12H23NO3/c1-11(2,3)6-7-13-10(16)12(4,5)8-9(14)15/h6-8H2,1-5H3,(H,13,16)(H,14,15). The molecule has 0 aromatic carbocycles. The van der Waals surface area contributed by atoms with Crippen LogP contribution in [0.15, 0.2) is 0 Å². The highest BCUT2D eigenvalue weighted by molar-refractivity contribution is 5.86. The summed E-state index contributed by atoms with van der Waals surface area (Å²) in [4.78, 5) is 22.3. The summed E-state index contributed by atoms with van der Waals surface area (Å²) in [7, 11) is 0. The van der Waals surface area contributed by atoms with Crippen LogP contribution in [0.25, 0.3) is 0 Å². The molecule has 0 aromatic heterocycles. The van der Waals surface area contributed by atoms with E-state index in [1.54, 1.807) is 13.8 Å². The lowest BCUT2D eigenvalue weighted by molar-refractivity contribution is -0.144. The molecule has 2 N–H and O–H groups in total. The van der Waals surface area contributed by atoms with Crippen molar-refractivity contribution in [1.82, 2.24) is 5.32 Å². The van der Waals surface area contributed by atoms with Crippen LogP contribution in [0, 0.1) is 10.8 Å². The van der Waals surface area contributed by atoms with E-state index in [4.69, 9.17) is 5.11 Å². The third-order valence-corrected chi connectivity index (χ3v) is 2.37. The molecule has 0 aromatic rings. The first kappa shape index (κ1) is 14.9. The normalized spacial score (nSPS) is 12.3. The average molecular weight is 229 g/mol. The molecule has 16 heavy (non-hydrogen) atoms. The highest BCUT2D eigenvalue weighted by Crippen LogP contribution is 2.21. The quantitative estimate of drug-likeness (QED) is 0.758. The molecule has 0 aliphatic heterocycles. The van der Waals surface area contributed by atoms with Crippen molar-refractivity contribution >= 4 is 11.9 Å². The van der Waals surface area contributed by atoms with Crippen LogP contribution in [0.3, 0.4) is 0 Å². The lowest BCUT2D eigenvalue weighted by atomic mass is 9.87. The maximum Gasteiger partial charge on any atom is 0.304 e. The fraction of sp³-hybridized carbons (Fsp3) is 0.833. The molecule has 0 saturated heterocycles. The Morgan fingerprint density at radius 1 is 1.12 bits per heavy atom. The summed E-state index contributed by atoms with van der Waals surface area (Å²) in [5.74, 6) is -1.14. The molecule has 0 rings (SSSR count). The number of aliphatic carboxylic acids is 1. The molecular weight excluding hydrogens is 206 g/mol. The van der Waals surface area contributed by atoms with Crippen molar-refractivity contribution in [2.24, 2.45) is 10.8 Å². The van der Waals surface area contributed by atoms with Gasteiger partial charge in [0.05, 0.1) is 11.8 Å². The second-order valence-electron chi connectivity index (χ2n) is 6.02. The molecule has 1 amide bonds. The number of nitrogens with one attached hydrogen (secondary N) is 1. The Hall–Kier alpha value is -1.06. The largest absolute Gasteiger partial charge is 0.481 e. The first-order valence-electron chi connectivity index (χ1n) is 5.55. The average Bonchev–Trinajstić information content (AvgIpc) is 1.98. The summed E-state index contributed by atoms with van der Waals surface area (Å²) in [6.07, 6.45) is 0.732. The van der Waals surface area contributed by atoms with Crippen molar-refractivity contribution in [2.75, 3.05) is 6.54 Å². The predicted molar refractivity (Wildman–Crippen MR) is 63.1 cm³/mol. The van der Waals surface area contributed by atoms with Crippen LogP contribution in [-0.2, 0) is 9.59 Å². The molecule has 0 heterocycles. The summed E-state index contributed by atoms with van der Waals surface area (Å²) in [5.41, 5.74) is -0.673. The van der Waals surface area contributed by atoms with E-state index in [2.05, 4.69) is 26.1 Å². The maximum atomic E-state index is 11.7. The molecule has 0 aliphatic rings. The van der Waals surface area contributed by atoms with Gasteiger partial charge in [0.15, 0.2) is 0 Å². The van der Waals surface area contributed by atoms with Gasteiger partial charge < -0.3 is 10.4 Å². The SMILES string of the molecule is CC(C)(C)CCNC(=O)C(C)(C)CC(=O)O. The molecule has 4 heteroatoms. The molecule has 4 nitrogen and oxygen atoms in total. The van der Waals surface area contributed by atoms with E-state index in [9.17, 15) is 9.59 Å². The van der Waals surface area contributed by atoms with Gasteiger partial charge in [0, 0.05) is 6.54 Å². The van der Waals surface area contributed by atoms with E-state index < -0.39 is 11.4 Å². The van der Waals surface area contributed by atoms with Crippen LogP contribution in [0.2, 0.25) is 0 Å². The van der Waals surface area contributed by atoms with Crippen molar-refractivity contribution in [3.8, 4) is 0 Å². The van der Waals surface area contributed by atoms with E-state index in [0.29, 0.717) is 6.54 Å². The first-order valence-corrected chi connectivity index (χ1v) is 5.55. The van der Waals surface area contributed by atoms with Gasteiger partial charge >= 0.3 is 5.97 Å². The van der Waals surface area contributed by atoms with Crippen molar-refractivity contribution < 1.29 is 14.7 Å². The Balaban J connectivity index is 4.10. The summed E-state index contributed by atoms with van der Waals surface area (Å²) >= 11 is 0. The van der Waals surface area contributed by atoms with E-state index in [1.165, 1.54) is 0 Å². The van der Waals surface area contributed by atoms with Crippen LogP contribution < -0.4 is 5.32 Å². The van der Waals surface area contributed by atoms with Gasteiger partial charge in [-0.2, -0.15) is 0 Å². The zero-order valence-corrected chi connectivity index (χ0v) is 10.9. The molecule has 0 spiro atoms. The maximum absolute atomic E-state index is 11.7. The first-order chi connectivity index (χ1) is 7.04. The zero-order valence-electron chi connectivity index (χ0n) is 10.9. The lowest BCUT2D eigenvalue weighted by Crippen LogP contribution is -2.39. The van der Waals surface area contributed by atoms with Crippen LogP contribution in [0.1, 0.15) is 47.5 Å². The fourth-order valence-corrected chi connectivity index (χ4v) is 1.25. The van der Waals surface area contributed by atoms with Gasteiger partial charge in [-0.25, -0.2) is 0 Å². The number of carboxylic acids is 1. The van der Waals surface area contributed by atoms with Gasteiger partial charge in [-0.05, 0) is 11.8 Å². The molecule has 0 unspecified atom stereocenters. The number of carbonyl (C=O) groups is 2. The number of hydrogen-bond donors (Lipinski definition) is 2. The second kappa shape index (κ2) is 5.32. The molecule has 94 valence electrons. The third kappa shape index (κ3) is 6.43. The van der Waals surface area contributed by atoms with E-state index in [0.717, 1.165) is 6.42 Å². The Bertz CT molecular complexity index is 264. The van der Waals surface area contributed by atoms with Gasteiger partial charge in [-0.1, -0.05) is 34.6 Å². The summed E-state index contributed by atoms with van der Waals surface area (Å²) in [5, 5.41) is 11.5. The Kier molecular flexibility index (Phi) is 4.97. The second-order valence-corrected chi connectivity index (χ2v) is 6.02. The van der Waals surface area contributed by atoms with Crippen molar-refractivity contribution in [3.63, 3.8) is 0 Å². The van der Waals surface area contributed by atoms with Gasteiger partial charge in [-0.15, -0.1) is 0 Å². The molecule has 0 fully saturated rings. The molecular formula is C12H23NO3. The molecule has 0 saturated carbocycles. The molecule has 0 bridgehead atoms. The number of rotatable bonds is 5. The van der Waals surface area contributed by atoms with Crippen molar-refractivity contribution in [1.29, 1.82) is 0 Å². The molecule has 0 atom stereocenters. The summed E-state index contributed by atoms with van der Waals surface area (Å²) in [6.45, 7) is 10.2. The number of carboxylic acid groups (broad SMARTS) is 1. The van der Waals surface area contributed by atoms with Crippen LogP contribution in [0.5, 0.6) is 0 Å². The van der Waals surface area contributed by atoms with Crippen LogP contribution in [0.4, 0.5) is 0 Å². The third-order valence-electron chi connectivity index (χ3n) is 2.37. The van der Waals surface area contributed by atoms with E-state index >= 15 is 0 Å². The summed E-state index contributed by atoms with van der Waals surface area (Å²) < 4.78 is 0. The van der Waals surface area contributed by atoms with Gasteiger partial charge in [0.25, 0.3) is 0 Å². The minimum absolute atomic E-state index is 0.144. The topological polar surface area (TPSA) is 66.4 Å². The summed E-state index contributed by atoms with van der Waals surface area (Å²) in [6, 6.07) is 0. The number of hydrogen-bond acceptors (Lipinski definition) is 2. The van der Waals surface area contributed by atoms with Crippen LogP contribution in [-0.4, -0.2) is 23.5 Å². The minimum Gasteiger partial charge on any atom is -0.481 e.